The SMILES string of the molecule is O=C(OC1C=Cc2cc3ccc4ccccc4c3cc2C1OC(=O)c1ccccc1)c1ccccc1. The third-order valence-electron chi connectivity index (χ3n) is 6.52. The topological polar surface area (TPSA) is 52.6 Å². The van der Waals surface area contributed by atoms with E-state index in [0.29, 0.717) is 11.1 Å². The maximum Gasteiger partial charge on any atom is 0.338 e. The number of esters is 2. The van der Waals surface area contributed by atoms with Crippen LogP contribution in [0, 0.1) is 0 Å². The first-order chi connectivity index (χ1) is 17.7. The summed E-state index contributed by atoms with van der Waals surface area (Å²) in [6.45, 7) is 0. The molecule has 0 radical (unpaired) electrons. The van der Waals surface area contributed by atoms with E-state index in [2.05, 4.69) is 36.4 Å². The van der Waals surface area contributed by atoms with Crippen LogP contribution in [0.25, 0.3) is 27.6 Å². The van der Waals surface area contributed by atoms with Gasteiger partial charge in [-0.05, 0) is 69.6 Å². The Bertz CT molecular complexity index is 1620. The van der Waals surface area contributed by atoms with Crippen LogP contribution < -0.4 is 0 Å². The number of rotatable bonds is 4. The molecule has 0 saturated heterocycles. The van der Waals surface area contributed by atoms with E-state index in [1.54, 1.807) is 54.6 Å². The van der Waals surface area contributed by atoms with Crippen LogP contribution in [0.1, 0.15) is 37.9 Å². The highest BCUT2D eigenvalue weighted by Crippen LogP contribution is 2.38. The normalized spacial score (nSPS) is 16.4. The van der Waals surface area contributed by atoms with E-state index in [0.717, 1.165) is 32.7 Å². The average Bonchev–Trinajstić information content (AvgIpc) is 2.94. The van der Waals surface area contributed by atoms with E-state index in [-0.39, 0.29) is 0 Å². The van der Waals surface area contributed by atoms with Gasteiger partial charge in [0, 0.05) is 5.56 Å². The van der Waals surface area contributed by atoms with Crippen LogP contribution in [0.5, 0.6) is 0 Å². The summed E-state index contributed by atoms with van der Waals surface area (Å²) in [4.78, 5) is 26.0. The van der Waals surface area contributed by atoms with Gasteiger partial charge in [0.25, 0.3) is 0 Å². The zero-order chi connectivity index (χ0) is 24.5. The van der Waals surface area contributed by atoms with Crippen LogP contribution in [0.3, 0.4) is 0 Å². The first-order valence-corrected chi connectivity index (χ1v) is 11.8. The largest absolute Gasteiger partial charge is 0.450 e. The number of hydrogen-bond donors (Lipinski definition) is 0. The number of hydrogen-bond acceptors (Lipinski definition) is 4. The van der Waals surface area contributed by atoms with Crippen molar-refractivity contribution in [1.29, 1.82) is 0 Å². The van der Waals surface area contributed by atoms with Crippen molar-refractivity contribution in [3.63, 3.8) is 0 Å². The lowest BCUT2D eigenvalue weighted by Crippen LogP contribution is -2.30. The van der Waals surface area contributed by atoms with Gasteiger partial charge in [0.15, 0.2) is 12.2 Å². The first-order valence-electron chi connectivity index (χ1n) is 11.8. The van der Waals surface area contributed by atoms with Crippen LogP contribution >= 0.6 is 0 Å². The minimum absolute atomic E-state index is 0.438. The van der Waals surface area contributed by atoms with Crippen molar-refractivity contribution in [3.8, 4) is 0 Å². The summed E-state index contributed by atoms with van der Waals surface area (Å²) in [6.07, 6.45) is 2.15. The standard InChI is InChI=1S/C32H22O4/c33-31(22-10-3-1-4-11-22)35-29-18-17-25-19-24-16-15-21-9-7-8-14-26(21)27(24)20-28(25)30(29)36-32(34)23-12-5-2-6-13-23/h1-20,29-30H. The average molecular weight is 471 g/mol. The number of ether oxygens (including phenoxy) is 2. The Morgan fingerprint density at radius 1 is 0.583 bits per heavy atom. The molecule has 4 heteroatoms. The molecule has 5 aromatic rings. The predicted octanol–water partition coefficient (Wildman–Crippen LogP) is 7.14. The van der Waals surface area contributed by atoms with Gasteiger partial charge >= 0.3 is 11.9 Å². The highest BCUT2D eigenvalue weighted by molar-refractivity contribution is 6.08. The number of carbonyl (C=O) groups excluding carboxylic acids is 2. The highest BCUT2D eigenvalue weighted by atomic mass is 16.6. The molecule has 0 N–H and O–H groups in total. The first kappa shape index (κ1) is 21.8. The fourth-order valence-electron chi connectivity index (χ4n) is 4.71. The number of fused-ring (bicyclic) bond motifs is 4. The fourth-order valence-corrected chi connectivity index (χ4v) is 4.71. The van der Waals surface area contributed by atoms with Crippen molar-refractivity contribution in [2.45, 2.75) is 12.2 Å². The van der Waals surface area contributed by atoms with E-state index < -0.39 is 24.1 Å². The molecule has 0 heterocycles. The summed E-state index contributed by atoms with van der Waals surface area (Å²) in [5.41, 5.74) is 2.61. The molecule has 4 nitrogen and oxygen atoms in total. The van der Waals surface area contributed by atoms with E-state index in [1.807, 2.05) is 30.3 Å². The van der Waals surface area contributed by atoms with E-state index in [9.17, 15) is 9.59 Å². The smallest absolute Gasteiger partial charge is 0.338 e. The molecule has 5 aromatic carbocycles. The monoisotopic (exact) mass is 470 g/mol. The van der Waals surface area contributed by atoms with Crippen LogP contribution in [-0.4, -0.2) is 18.0 Å². The molecular weight excluding hydrogens is 448 g/mol. The van der Waals surface area contributed by atoms with Crippen molar-refractivity contribution in [2.24, 2.45) is 0 Å². The van der Waals surface area contributed by atoms with Gasteiger partial charge in [0.05, 0.1) is 11.1 Å². The Kier molecular flexibility index (Phi) is 5.55. The van der Waals surface area contributed by atoms with Gasteiger partial charge in [0.2, 0.25) is 0 Å². The molecule has 1 aliphatic rings. The van der Waals surface area contributed by atoms with Gasteiger partial charge in [-0.3, -0.25) is 0 Å². The third kappa shape index (κ3) is 4.03. The summed E-state index contributed by atoms with van der Waals surface area (Å²) in [5.74, 6) is -0.943. The van der Waals surface area contributed by atoms with Gasteiger partial charge in [-0.1, -0.05) is 78.9 Å². The molecule has 36 heavy (non-hydrogen) atoms. The second kappa shape index (κ2) is 9.16. The van der Waals surface area contributed by atoms with Crippen LogP contribution in [0.15, 0.2) is 115 Å². The molecule has 0 bridgehead atoms. The Hall–Kier alpha value is -4.70. The lowest BCUT2D eigenvalue weighted by Gasteiger charge is -2.30. The Morgan fingerprint density at radius 3 is 1.92 bits per heavy atom. The summed E-state index contributed by atoms with van der Waals surface area (Å²) >= 11 is 0. The Morgan fingerprint density at radius 2 is 1.19 bits per heavy atom. The zero-order valence-electron chi connectivity index (χ0n) is 19.3. The minimum atomic E-state index is -0.797. The minimum Gasteiger partial charge on any atom is -0.450 e. The third-order valence-corrected chi connectivity index (χ3v) is 6.52. The van der Waals surface area contributed by atoms with Gasteiger partial charge in [0.1, 0.15) is 0 Å². The van der Waals surface area contributed by atoms with Crippen molar-refractivity contribution >= 4 is 39.6 Å². The van der Waals surface area contributed by atoms with Crippen LogP contribution in [0.4, 0.5) is 0 Å². The Balaban J connectivity index is 1.44. The van der Waals surface area contributed by atoms with Crippen LogP contribution in [-0.2, 0) is 9.47 Å². The molecule has 0 spiro atoms. The summed E-state index contributed by atoms with van der Waals surface area (Å²) in [6, 6.07) is 34.2. The van der Waals surface area contributed by atoms with Gasteiger partial charge in [-0.2, -0.15) is 0 Å². The number of carbonyl (C=O) groups is 2. The van der Waals surface area contributed by atoms with Gasteiger partial charge in [-0.25, -0.2) is 9.59 Å². The second-order valence-electron chi connectivity index (χ2n) is 8.78. The molecule has 6 rings (SSSR count). The van der Waals surface area contributed by atoms with Crippen molar-refractivity contribution in [2.75, 3.05) is 0 Å². The van der Waals surface area contributed by atoms with Crippen molar-refractivity contribution in [3.05, 3.63) is 138 Å². The van der Waals surface area contributed by atoms with E-state index >= 15 is 0 Å². The summed E-state index contributed by atoms with van der Waals surface area (Å²) in [5, 5.41) is 4.38. The molecule has 174 valence electrons. The van der Waals surface area contributed by atoms with Crippen LogP contribution in [0.2, 0.25) is 0 Å². The van der Waals surface area contributed by atoms with Crippen molar-refractivity contribution < 1.29 is 19.1 Å². The maximum absolute atomic E-state index is 13.1. The molecule has 0 aromatic heterocycles. The second-order valence-corrected chi connectivity index (χ2v) is 8.78. The summed E-state index contributed by atoms with van der Waals surface area (Å²) in [7, 11) is 0. The molecule has 2 unspecified atom stereocenters. The van der Waals surface area contributed by atoms with E-state index in [1.165, 1.54) is 0 Å². The predicted molar refractivity (Wildman–Crippen MR) is 141 cm³/mol. The molecule has 1 aliphatic carbocycles. The molecule has 2 atom stereocenters. The van der Waals surface area contributed by atoms with Gasteiger partial charge in [-0.15, -0.1) is 0 Å². The van der Waals surface area contributed by atoms with Gasteiger partial charge < -0.3 is 9.47 Å². The molecular formula is C32H22O4. The Labute approximate surface area is 208 Å². The zero-order valence-corrected chi connectivity index (χ0v) is 19.3. The lowest BCUT2D eigenvalue weighted by molar-refractivity contribution is -0.0228. The van der Waals surface area contributed by atoms with Crippen molar-refractivity contribution in [1.82, 2.24) is 0 Å². The molecule has 0 saturated carbocycles. The summed E-state index contributed by atoms with van der Waals surface area (Å²) < 4.78 is 11.9. The highest BCUT2D eigenvalue weighted by Gasteiger charge is 2.33. The fraction of sp³-hybridized carbons (Fsp3) is 0.0625. The number of benzene rings is 5. The molecule has 0 amide bonds. The maximum atomic E-state index is 13.1. The molecule has 0 aliphatic heterocycles. The lowest BCUT2D eigenvalue weighted by atomic mass is 9.88. The van der Waals surface area contributed by atoms with E-state index in [4.69, 9.17) is 9.47 Å². The quantitative estimate of drug-likeness (QED) is 0.207. The molecule has 0 fully saturated rings.